The lowest BCUT2D eigenvalue weighted by molar-refractivity contribution is -0.133. The molecule has 2 saturated heterocycles. The first-order valence-corrected chi connectivity index (χ1v) is 8.87. The average molecular weight is 344 g/mol. The number of ether oxygens (including phenoxy) is 1. The molecule has 2 aromatic rings. The summed E-state index contributed by atoms with van der Waals surface area (Å²) in [6.45, 7) is 4.66. The maximum absolute atomic E-state index is 12.8. The van der Waals surface area contributed by atoms with Crippen molar-refractivity contribution in [1.82, 2.24) is 20.0 Å². The summed E-state index contributed by atoms with van der Waals surface area (Å²) in [5.41, 5.74) is 1.07. The summed E-state index contributed by atoms with van der Waals surface area (Å²) in [5, 5.41) is 6.74. The lowest BCUT2D eigenvalue weighted by atomic mass is 10.1. The molecule has 0 saturated carbocycles. The molecule has 2 aromatic heterocycles. The molecule has 2 atom stereocenters. The van der Waals surface area contributed by atoms with Gasteiger partial charge in [0.15, 0.2) is 0 Å². The fourth-order valence-electron chi connectivity index (χ4n) is 3.81. The second-order valence-corrected chi connectivity index (χ2v) is 6.98. The highest BCUT2D eigenvalue weighted by atomic mass is 16.5. The first-order valence-electron chi connectivity index (χ1n) is 8.87. The van der Waals surface area contributed by atoms with Crippen molar-refractivity contribution >= 4 is 5.91 Å². The molecule has 0 unspecified atom stereocenters. The Morgan fingerprint density at radius 1 is 1.32 bits per heavy atom. The zero-order valence-corrected chi connectivity index (χ0v) is 14.3. The zero-order valence-electron chi connectivity index (χ0n) is 14.3. The summed E-state index contributed by atoms with van der Waals surface area (Å²) < 4.78 is 11.3. The second-order valence-electron chi connectivity index (χ2n) is 6.98. The Bertz CT molecular complexity index is 671. The number of carbonyl (C=O) groups is 1. The molecule has 1 N–H and O–H groups in total. The van der Waals surface area contributed by atoms with Crippen LogP contribution in [0.5, 0.6) is 0 Å². The maximum atomic E-state index is 12.8. The Kier molecular flexibility index (Phi) is 4.85. The Labute approximate surface area is 146 Å². The van der Waals surface area contributed by atoms with Crippen LogP contribution < -0.4 is 0 Å². The molecule has 1 amide bonds. The normalized spacial score (nSPS) is 24.2. The van der Waals surface area contributed by atoms with Crippen molar-refractivity contribution in [2.45, 2.75) is 25.4 Å². The molecule has 2 aliphatic heterocycles. The van der Waals surface area contributed by atoms with Crippen LogP contribution in [0, 0.1) is 5.92 Å². The van der Waals surface area contributed by atoms with Crippen molar-refractivity contribution in [2.24, 2.45) is 5.92 Å². The Morgan fingerprint density at radius 3 is 3.08 bits per heavy atom. The molecule has 7 heteroatoms. The molecule has 4 rings (SSSR count). The quantitative estimate of drug-likeness (QED) is 0.885. The van der Waals surface area contributed by atoms with Crippen LogP contribution in [0.1, 0.15) is 17.7 Å². The number of carbonyl (C=O) groups excluding carboxylic acids is 1. The van der Waals surface area contributed by atoms with Gasteiger partial charge in [-0.15, -0.1) is 0 Å². The summed E-state index contributed by atoms with van der Waals surface area (Å²) in [5.74, 6) is 1.53. The van der Waals surface area contributed by atoms with Gasteiger partial charge < -0.3 is 14.1 Å². The highest BCUT2D eigenvalue weighted by molar-refractivity contribution is 5.77. The van der Waals surface area contributed by atoms with Gasteiger partial charge in [0.1, 0.15) is 5.76 Å². The van der Waals surface area contributed by atoms with E-state index in [-0.39, 0.29) is 11.9 Å². The van der Waals surface area contributed by atoms with Crippen molar-refractivity contribution in [3.63, 3.8) is 0 Å². The van der Waals surface area contributed by atoms with Crippen LogP contribution in [0.25, 0.3) is 0 Å². The maximum Gasteiger partial charge on any atom is 0.223 e. The molecule has 134 valence electrons. The van der Waals surface area contributed by atoms with E-state index in [0.717, 1.165) is 50.5 Å². The highest BCUT2D eigenvalue weighted by Gasteiger charge is 2.35. The predicted molar refractivity (Wildman–Crippen MR) is 90.7 cm³/mol. The summed E-state index contributed by atoms with van der Waals surface area (Å²) in [6.07, 6.45) is 6.58. The summed E-state index contributed by atoms with van der Waals surface area (Å²) in [4.78, 5) is 17.2. The summed E-state index contributed by atoms with van der Waals surface area (Å²) >= 11 is 0. The van der Waals surface area contributed by atoms with Gasteiger partial charge in [0, 0.05) is 38.2 Å². The molecular formula is C18H24N4O3. The molecule has 4 heterocycles. The lowest BCUT2D eigenvalue weighted by Gasteiger charge is -2.31. The van der Waals surface area contributed by atoms with E-state index in [0.29, 0.717) is 18.9 Å². The molecule has 0 spiro atoms. The summed E-state index contributed by atoms with van der Waals surface area (Å²) in [6, 6.07) is 4.03. The second kappa shape index (κ2) is 7.41. The number of furan rings is 1. The minimum absolute atomic E-state index is 0.110. The van der Waals surface area contributed by atoms with E-state index in [1.807, 2.05) is 23.2 Å². The summed E-state index contributed by atoms with van der Waals surface area (Å²) in [7, 11) is 0. The molecular weight excluding hydrogens is 320 g/mol. The topological polar surface area (TPSA) is 74.6 Å². The fourth-order valence-corrected chi connectivity index (χ4v) is 3.81. The van der Waals surface area contributed by atoms with E-state index in [2.05, 4.69) is 15.1 Å². The van der Waals surface area contributed by atoms with Crippen molar-refractivity contribution in [3.05, 3.63) is 42.1 Å². The predicted octanol–water partition coefficient (Wildman–Crippen LogP) is 1.29. The van der Waals surface area contributed by atoms with E-state index in [1.165, 1.54) is 0 Å². The van der Waals surface area contributed by atoms with Crippen LogP contribution in [0.2, 0.25) is 0 Å². The standard InChI is InChI=1S/C18H24N4O3/c23-18(4-3-14-6-19-20-7-14)22-9-15-8-21(10-16(22)13-24-12-15)11-17-2-1-5-25-17/h1-2,5-7,15-16H,3-4,8-13H2,(H,19,20)/t15-,16-/m0/s1. The monoisotopic (exact) mass is 344 g/mol. The molecule has 0 radical (unpaired) electrons. The molecule has 2 bridgehead atoms. The molecule has 2 fully saturated rings. The van der Waals surface area contributed by atoms with Crippen LogP contribution in [-0.2, 0) is 22.5 Å². The smallest absolute Gasteiger partial charge is 0.223 e. The van der Waals surface area contributed by atoms with E-state index in [1.54, 1.807) is 12.5 Å². The number of aromatic nitrogens is 2. The van der Waals surface area contributed by atoms with Gasteiger partial charge in [-0.1, -0.05) is 0 Å². The number of hydrogen-bond donors (Lipinski definition) is 1. The van der Waals surface area contributed by atoms with Gasteiger partial charge in [0.25, 0.3) is 0 Å². The molecule has 0 aromatic carbocycles. The number of aryl methyl sites for hydroxylation is 1. The number of nitrogens with one attached hydrogen (secondary N) is 1. The molecule has 2 aliphatic rings. The van der Waals surface area contributed by atoms with Gasteiger partial charge in [-0.05, 0) is 24.1 Å². The van der Waals surface area contributed by atoms with Gasteiger partial charge in [-0.2, -0.15) is 5.10 Å². The third-order valence-corrected chi connectivity index (χ3v) is 5.01. The Hall–Kier alpha value is -2.12. The molecule has 7 nitrogen and oxygen atoms in total. The van der Waals surface area contributed by atoms with Crippen LogP contribution in [0.4, 0.5) is 0 Å². The van der Waals surface area contributed by atoms with Gasteiger partial charge in [-0.25, -0.2) is 0 Å². The van der Waals surface area contributed by atoms with E-state index in [4.69, 9.17) is 9.15 Å². The number of rotatable bonds is 5. The first-order chi connectivity index (χ1) is 12.3. The third kappa shape index (κ3) is 3.93. The van der Waals surface area contributed by atoms with Crippen molar-refractivity contribution in [3.8, 4) is 0 Å². The Balaban J connectivity index is 1.41. The number of fused-ring (bicyclic) bond motifs is 3. The third-order valence-electron chi connectivity index (χ3n) is 5.01. The Morgan fingerprint density at radius 2 is 2.28 bits per heavy atom. The van der Waals surface area contributed by atoms with Crippen molar-refractivity contribution in [2.75, 3.05) is 32.8 Å². The zero-order chi connectivity index (χ0) is 17.1. The number of amides is 1. The number of H-pyrrole nitrogens is 1. The van der Waals surface area contributed by atoms with Gasteiger partial charge in [-0.3, -0.25) is 14.8 Å². The molecule has 25 heavy (non-hydrogen) atoms. The SMILES string of the molecule is O=C(CCc1cn[nH]c1)N1C[C@H]2COC[C@@H]1CN(Cc1ccco1)C2. The number of hydrogen-bond acceptors (Lipinski definition) is 5. The van der Waals surface area contributed by atoms with Crippen LogP contribution in [0.3, 0.4) is 0 Å². The van der Waals surface area contributed by atoms with Gasteiger partial charge in [0.2, 0.25) is 5.91 Å². The number of nitrogens with zero attached hydrogens (tertiary/aromatic N) is 3. The van der Waals surface area contributed by atoms with Crippen molar-refractivity contribution < 1.29 is 13.9 Å². The van der Waals surface area contributed by atoms with E-state index >= 15 is 0 Å². The number of aromatic amines is 1. The van der Waals surface area contributed by atoms with Crippen LogP contribution >= 0.6 is 0 Å². The largest absolute Gasteiger partial charge is 0.468 e. The van der Waals surface area contributed by atoms with E-state index < -0.39 is 0 Å². The minimum atomic E-state index is 0.110. The van der Waals surface area contributed by atoms with Gasteiger partial charge in [0.05, 0.1) is 38.3 Å². The minimum Gasteiger partial charge on any atom is -0.468 e. The van der Waals surface area contributed by atoms with Crippen LogP contribution in [-0.4, -0.2) is 64.8 Å². The van der Waals surface area contributed by atoms with Crippen LogP contribution in [0.15, 0.2) is 35.2 Å². The lowest BCUT2D eigenvalue weighted by Crippen LogP contribution is -2.46. The van der Waals surface area contributed by atoms with Gasteiger partial charge >= 0.3 is 0 Å². The fraction of sp³-hybridized carbons (Fsp3) is 0.556. The van der Waals surface area contributed by atoms with E-state index in [9.17, 15) is 4.79 Å². The highest BCUT2D eigenvalue weighted by Crippen LogP contribution is 2.22. The molecule has 0 aliphatic carbocycles. The van der Waals surface area contributed by atoms with Crippen molar-refractivity contribution in [1.29, 1.82) is 0 Å². The first kappa shape index (κ1) is 16.4. The average Bonchev–Trinajstić information content (AvgIpc) is 3.21.